The second-order valence-electron chi connectivity index (χ2n) is 5.50. The molecule has 130 valence electrons. The van der Waals surface area contributed by atoms with Gasteiger partial charge < -0.3 is 10.2 Å². The van der Waals surface area contributed by atoms with Gasteiger partial charge in [-0.15, -0.1) is 5.11 Å². The normalized spacial score (nSPS) is 11.0. The minimum atomic E-state index is -0.542. The van der Waals surface area contributed by atoms with Gasteiger partial charge >= 0.3 is 0 Å². The van der Waals surface area contributed by atoms with Crippen molar-refractivity contribution < 1.29 is 10.2 Å². The predicted octanol–water partition coefficient (Wildman–Crippen LogP) is 3.09. The molecule has 0 aliphatic heterocycles. The second-order valence-corrected chi connectivity index (χ2v) is 5.50. The fourth-order valence-corrected chi connectivity index (χ4v) is 2.50. The van der Waals surface area contributed by atoms with Crippen LogP contribution < -0.4 is 5.56 Å². The highest BCUT2D eigenvalue weighted by Gasteiger charge is 2.19. The lowest BCUT2D eigenvalue weighted by Crippen LogP contribution is -2.22. The van der Waals surface area contributed by atoms with Gasteiger partial charge in [-0.1, -0.05) is 25.1 Å². The number of nitriles is 1. The topological polar surface area (TPSA) is 111 Å². The molecule has 0 unspecified atom stereocenters. The van der Waals surface area contributed by atoms with Crippen LogP contribution in [0, 0.1) is 18.3 Å². The molecule has 1 heterocycles. The number of benzene rings is 1. The Morgan fingerprint density at radius 3 is 2.64 bits per heavy atom. The molecule has 0 saturated carbocycles. The first kappa shape index (κ1) is 18.4. The number of aliphatic hydroxyl groups is 1. The Bertz CT molecular complexity index is 894. The van der Waals surface area contributed by atoms with Gasteiger partial charge in [0.15, 0.2) is 5.69 Å². The average Bonchev–Trinajstić information content (AvgIpc) is 2.62. The lowest BCUT2D eigenvalue weighted by molar-refractivity contribution is 0.274. The van der Waals surface area contributed by atoms with Gasteiger partial charge in [0.1, 0.15) is 11.6 Å². The van der Waals surface area contributed by atoms with E-state index in [0.717, 1.165) is 16.6 Å². The third kappa shape index (κ3) is 3.75. The first-order valence-corrected chi connectivity index (χ1v) is 8.02. The molecule has 0 saturated heterocycles. The summed E-state index contributed by atoms with van der Waals surface area (Å²) >= 11 is 0. The maximum Gasteiger partial charge on any atom is 0.281 e. The van der Waals surface area contributed by atoms with Crippen molar-refractivity contribution in [1.82, 2.24) is 4.57 Å². The lowest BCUT2D eigenvalue weighted by atomic mass is 10.1. The van der Waals surface area contributed by atoms with Crippen LogP contribution in [0.2, 0.25) is 0 Å². The van der Waals surface area contributed by atoms with Gasteiger partial charge in [-0.2, -0.15) is 10.4 Å². The van der Waals surface area contributed by atoms with Crippen LogP contribution in [0.3, 0.4) is 0 Å². The number of hydrogen-bond acceptors (Lipinski definition) is 6. The first-order valence-electron chi connectivity index (χ1n) is 8.02. The van der Waals surface area contributed by atoms with Gasteiger partial charge in [0.05, 0.1) is 5.69 Å². The maximum absolute atomic E-state index is 12.6. The van der Waals surface area contributed by atoms with Crippen molar-refractivity contribution in [2.75, 3.05) is 6.61 Å². The fourth-order valence-electron chi connectivity index (χ4n) is 2.50. The number of rotatable bonds is 6. The van der Waals surface area contributed by atoms with Crippen LogP contribution in [0.5, 0.6) is 5.88 Å². The fraction of sp³-hybridized carbons (Fsp3) is 0.333. The average molecular weight is 340 g/mol. The molecule has 2 rings (SSSR count). The van der Waals surface area contributed by atoms with Crippen molar-refractivity contribution in [1.29, 1.82) is 5.26 Å². The van der Waals surface area contributed by atoms with Crippen LogP contribution in [-0.2, 0) is 13.0 Å². The molecule has 0 radical (unpaired) electrons. The van der Waals surface area contributed by atoms with Gasteiger partial charge in [0, 0.05) is 18.7 Å². The number of hydrogen-bond donors (Lipinski definition) is 2. The summed E-state index contributed by atoms with van der Waals surface area (Å²) in [5.74, 6) is -0.411. The molecule has 0 spiro atoms. The molecule has 1 aromatic carbocycles. The lowest BCUT2D eigenvalue weighted by Gasteiger charge is -2.12. The van der Waals surface area contributed by atoms with Crippen molar-refractivity contribution in [3.63, 3.8) is 0 Å². The molecule has 0 amide bonds. The number of aryl methyl sites for hydroxylation is 1. The Balaban J connectivity index is 2.59. The third-order valence-electron chi connectivity index (χ3n) is 3.94. The highest BCUT2D eigenvalue weighted by molar-refractivity contribution is 5.57. The zero-order valence-corrected chi connectivity index (χ0v) is 14.2. The van der Waals surface area contributed by atoms with E-state index in [9.17, 15) is 15.2 Å². The smallest absolute Gasteiger partial charge is 0.281 e. The molecule has 0 atom stereocenters. The van der Waals surface area contributed by atoms with Crippen LogP contribution in [0.25, 0.3) is 0 Å². The zero-order chi connectivity index (χ0) is 18.4. The third-order valence-corrected chi connectivity index (χ3v) is 3.94. The summed E-state index contributed by atoms with van der Waals surface area (Å²) in [6.45, 7) is 3.50. The standard InChI is InChI=1S/C18H20N4O3/c1-3-13-7-4-5-8-15(13)20-21-16-12(2)14(11-19)17(24)22(18(16)25)9-6-10-23/h4-5,7-8,23-24H,3,6,9-10H2,1-2H3. The summed E-state index contributed by atoms with van der Waals surface area (Å²) in [6, 6.07) is 9.36. The zero-order valence-electron chi connectivity index (χ0n) is 14.2. The van der Waals surface area contributed by atoms with Crippen LogP contribution >= 0.6 is 0 Å². The molecule has 7 nitrogen and oxygen atoms in total. The van der Waals surface area contributed by atoms with Crippen LogP contribution in [-0.4, -0.2) is 21.4 Å². The number of azo groups is 1. The predicted molar refractivity (Wildman–Crippen MR) is 93.5 cm³/mol. The maximum atomic E-state index is 12.6. The molecule has 7 heteroatoms. The van der Waals surface area contributed by atoms with Crippen molar-refractivity contribution in [2.24, 2.45) is 10.2 Å². The van der Waals surface area contributed by atoms with Crippen LogP contribution in [0.1, 0.15) is 30.0 Å². The summed E-state index contributed by atoms with van der Waals surface area (Å²) in [7, 11) is 0. The van der Waals surface area contributed by atoms with Crippen molar-refractivity contribution in [3.05, 3.63) is 51.3 Å². The minimum Gasteiger partial charge on any atom is -0.493 e. The van der Waals surface area contributed by atoms with E-state index < -0.39 is 11.4 Å². The van der Waals surface area contributed by atoms with Gasteiger partial charge in [0.25, 0.3) is 5.56 Å². The summed E-state index contributed by atoms with van der Waals surface area (Å²) in [6.07, 6.45) is 1.05. The van der Waals surface area contributed by atoms with Gasteiger partial charge in [-0.25, -0.2) is 0 Å². The number of aromatic nitrogens is 1. The minimum absolute atomic E-state index is 0.0122. The van der Waals surface area contributed by atoms with Crippen molar-refractivity contribution in [3.8, 4) is 11.9 Å². The van der Waals surface area contributed by atoms with E-state index in [1.54, 1.807) is 13.0 Å². The number of pyridine rings is 1. The van der Waals surface area contributed by atoms with E-state index in [2.05, 4.69) is 10.2 Å². The Morgan fingerprint density at radius 1 is 1.28 bits per heavy atom. The van der Waals surface area contributed by atoms with E-state index in [4.69, 9.17) is 5.11 Å². The molecular weight excluding hydrogens is 320 g/mol. The number of aliphatic hydroxyl groups excluding tert-OH is 1. The summed E-state index contributed by atoms with van der Waals surface area (Å²) < 4.78 is 1.04. The highest BCUT2D eigenvalue weighted by atomic mass is 16.3. The Morgan fingerprint density at radius 2 is 2.00 bits per heavy atom. The summed E-state index contributed by atoms with van der Waals surface area (Å²) in [5, 5.41) is 36.6. The van der Waals surface area contributed by atoms with Crippen molar-refractivity contribution >= 4 is 11.4 Å². The van der Waals surface area contributed by atoms with Crippen LogP contribution in [0.15, 0.2) is 39.3 Å². The second kappa shape index (κ2) is 8.22. The van der Waals surface area contributed by atoms with Gasteiger partial charge in [-0.3, -0.25) is 9.36 Å². The molecular formula is C18H20N4O3. The summed E-state index contributed by atoms with van der Waals surface area (Å²) in [5.41, 5.74) is 1.37. The van der Waals surface area contributed by atoms with E-state index in [1.165, 1.54) is 0 Å². The Labute approximate surface area is 145 Å². The van der Waals surface area contributed by atoms with Crippen molar-refractivity contribution in [2.45, 2.75) is 33.2 Å². The molecule has 25 heavy (non-hydrogen) atoms. The molecule has 2 aromatic rings. The molecule has 2 N–H and O–H groups in total. The molecule has 0 aliphatic carbocycles. The van der Waals surface area contributed by atoms with Gasteiger partial charge in [0.2, 0.25) is 5.88 Å². The number of nitrogens with zero attached hydrogens (tertiary/aromatic N) is 4. The largest absolute Gasteiger partial charge is 0.493 e. The molecule has 0 bridgehead atoms. The Kier molecular flexibility index (Phi) is 6.03. The van der Waals surface area contributed by atoms with Gasteiger partial charge in [-0.05, 0) is 31.4 Å². The van der Waals surface area contributed by atoms with E-state index in [1.807, 2.05) is 31.2 Å². The number of aromatic hydroxyl groups is 1. The Hall–Kier alpha value is -2.98. The first-order chi connectivity index (χ1) is 12.0. The van der Waals surface area contributed by atoms with E-state index in [0.29, 0.717) is 5.69 Å². The van der Waals surface area contributed by atoms with E-state index in [-0.39, 0.29) is 36.4 Å². The molecule has 1 aromatic heterocycles. The molecule has 0 aliphatic rings. The monoisotopic (exact) mass is 340 g/mol. The summed E-state index contributed by atoms with van der Waals surface area (Å²) in [4.78, 5) is 12.6. The molecule has 0 fully saturated rings. The highest BCUT2D eigenvalue weighted by Crippen LogP contribution is 2.28. The van der Waals surface area contributed by atoms with Crippen LogP contribution in [0.4, 0.5) is 11.4 Å². The van der Waals surface area contributed by atoms with E-state index >= 15 is 0 Å². The SMILES string of the molecule is CCc1ccccc1N=Nc1c(C)c(C#N)c(O)n(CCCO)c1=O. The quantitative estimate of drug-likeness (QED) is 0.787.